The van der Waals surface area contributed by atoms with Crippen molar-refractivity contribution >= 4 is 11.6 Å². The Morgan fingerprint density at radius 1 is 1.45 bits per heavy atom. The monoisotopic (exact) mass is 271 g/mol. The topological polar surface area (TPSA) is 71.5 Å². The van der Waals surface area contributed by atoms with Gasteiger partial charge in [-0.1, -0.05) is 18.2 Å². The number of fused-ring (bicyclic) bond motifs is 1. The second kappa shape index (κ2) is 5.02. The van der Waals surface area contributed by atoms with E-state index in [1.807, 2.05) is 6.07 Å². The van der Waals surface area contributed by atoms with Gasteiger partial charge in [0.1, 0.15) is 5.76 Å². The number of rotatable bonds is 3. The summed E-state index contributed by atoms with van der Waals surface area (Å²) in [6.07, 6.45) is 2.53. The molecule has 5 nitrogen and oxygen atoms in total. The molecular weight excluding hydrogens is 254 g/mol. The highest BCUT2D eigenvalue weighted by Gasteiger charge is 2.27. The number of nitrogen functional groups attached to an aromatic ring is 1. The van der Waals surface area contributed by atoms with Crippen LogP contribution in [0.25, 0.3) is 0 Å². The quantitative estimate of drug-likeness (QED) is 0.507. The molecule has 0 fully saturated rings. The van der Waals surface area contributed by atoms with Crippen LogP contribution in [0.2, 0.25) is 0 Å². The number of carbonyl (C=O) groups is 1. The Labute approximate surface area is 117 Å². The van der Waals surface area contributed by atoms with Gasteiger partial charge in [0.25, 0.3) is 5.91 Å². The lowest BCUT2D eigenvalue weighted by atomic mass is 10.1. The third-order valence-corrected chi connectivity index (χ3v) is 3.78. The van der Waals surface area contributed by atoms with E-state index in [0.29, 0.717) is 23.9 Å². The number of hydrogen-bond donors (Lipinski definition) is 2. The van der Waals surface area contributed by atoms with Crippen molar-refractivity contribution in [2.45, 2.75) is 25.9 Å². The number of nitrogens with one attached hydrogen (secondary N) is 1. The fourth-order valence-electron chi connectivity index (χ4n) is 2.77. The van der Waals surface area contributed by atoms with E-state index < -0.39 is 0 Å². The average molecular weight is 271 g/mol. The van der Waals surface area contributed by atoms with Gasteiger partial charge >= 0.3 is 0 Å². The molecule has 0 spiro atoms. The van der Waals surface area contributed by atoms with Crippen molar-refractivity contribution in [1.29, 1.82) is 0 Å². The van der Waals surface area contributed by atoms with Crippen LogP contribution in [0.1, 0.15) is 28.6 Å². The molecule has 0 saturated heterocycles. The highest BCUT2D eigenvalue weighted by Crippen LogP contribution is 2.33. The van der Waals surface area contributed by atoms with E-state index in [-0.39, 0.29) is 5.91 Å². The summed E-state index contributed by atoms with van der Waals surface area (Å²) in [4.78, 5) is 13.9. The van der Waals surface area contributed by atoms with Crippen molar-refractivity contribution in [3.8, 4) is 0 Å². The maximum absolute atomic E-state index is 11.7. The van der Waals surface area contributed by atoms with Crippen LogP contribution < -0.4 is 16.2 Å². The molecule has 0 aliphatic carbocycles. The summed E-state index contributed by atoms with van der Waals surface area (Å²) >= 11 is 0. The van der Waals surface area contributed by atoms with Gasteiger partial charge in [-0.2, -0.15) is 0 Å². The number of hydrogen-bond acceptors (Lipinski definition) is 4. The third kappa shape index (κ3) is 2.06. The molecule has 3 N–H and O–H groups in total. The van der Waals surface area contributed by atoms with Gasteiger partial charge in [0.15, 0.2) is 0 Å². The summed E-state index contributed by atoms with van der Waals surface area (Å²) in [6.45, 7) is 2.74. The average Bonchev–Trinajstić information content (AvgIpc) is 3.04. The highest BCUT2D eigenvalue weighted by molar-refractivity contribution is 5.94. The van der Waals surface area contributed by atoms with E-state index in [1.54, 1.807) is 6.07 Å². The van der Waals surface area contributed by atoms with Crippen LogP contribution in [0.5, 0.6) is 0 Å². The smallest absolute Gasteiger partial charge is 0.268 e. The number of furan rings is 1. The van der Waals surface area contributed by atoms with Crippen molar-refractivity contribution in [2.75, 3.05) is 4.90 Å². The number of amides is 1. The summed E-state index contributed by atoms with van der Waals surface area (Å²) in [6, 6.07) is 10.3. The van der Waals surface area contributed by atoms with Gasteiger partial charge in [-0.3, -0.25) is 10.2 Å². The number of benzene rings is 1. The van der Waals surface area contributed by atoms with Crippen LogP contribution >= 0.6 is 0 Å². The van der Waals surface area contributed by atoms with Crippen molar-refractivity contribution in [3.63, 3.8) is 0 Å². The Hall–Kier alpha value is -2.27. The molecule has 20 heavy (non-hydrogen) atoms. The van der Waals surface area contributed by atoms with Gasteiger partial charge in [-0.25, -0.2) is 5.84 Å². The highest BCUT2D eigenvalue weighted by atomic mass is 16.3. The molecular formula is C15H17N3O2. The van der Waals surface area contributed by atoms with Gasteiger partial charge in [-0.15, -0.1) is 0 Å². The molecule has 1 unspecified atom stereocenters. The van der Waals surface area contributed by atoms with Crippen LogP contribution in [-0.4, -0.2) is 11.9 Å². The molecule has 0 bridgehead atoms. The van der Waals surface area contributed by atoms with Crippen LogP contribution in [0.4, 0.5) is 5.69 Å². The summed E-state index contributed by atoms with van der Waals surface area (Å²) in [5.74, 6) is 5.50. The van der Waals surface area contributed by atoms with E-state index in [9.17, 15) is 4.79 Å². The van der Waals surface area contributed by atoms with Crippen molar-refractivity contribution in [2.24, 2.45) is 5.84 Å². The molecule has 2 heterocycles. The van der Waals surface area contributed by atoms with E-state index in [1.165, 1.54) is 17.5 Å². The lowest BCUT2D eigenvalue weighted by Crippen LogP contribution is -2.32. The maximum Gasteiger partial charge on any atom is 0.268 e. The van der Waals surface area contributed by atoms with Crippen LogP contribution in [-0.2, 0) is 13.0 Å². The van der Waals surface area contributed by atoms with Gasteiger partial charge in [0.05, 0.1) is 18.4 Å². The first kappa shape index (κ1) is 12.7. The Bertz CT molecular complexity index is 636. The largest absolute Gasteiger partial charge is 0.467 e. The van der Waals surface area contributed by atoms with E-state index in [4.69, 9.17) is 10.3 Å². The molecule has 1 aliphatic rings. The SMILES string of the molecule is CC1Cc2ccccc2N1Cc1occc1C(=O)NN. The summed E-state index contributed by atoms with van der Waals surface area (Å²) in [5, 5.41) is 0. The zero-order valence-electron chi connectivity index (χ0n) is 11.3. The zero-order valence-corrected chi connectivity index (χ0v) is 11.3. The number of carbonyl (C=O) groups excluding carboxylic acids is 1. The zero-order chi connectivity index (χ0) is 14.1. The molecule has 2 aromatic rings. The van der Waals surface area contributed by atoms with Crippen LogP contribution in [0.15, 0.2) is 41.0 Å². The van der Waals surface area contributed by atoms with Gasteiger partial charge in [-0.05, 0) is 31.0 Å². The molecule has 0 saturated carbocycles. The summed E-state index contributed by atoms with van der Waals surface area (Å²) in [5.41, 5.74) is 5.17. The fourth-order valence-corrected chi connectivity index (χ4v) is 2.77. The lowest BCUT2D eigenvalue weighted by Gasteiger charge is -2.24. The molecule has 0 radical (unpaired) electrons. The number of nitrogens with zero attached hydrogens (tertiary/aromatic N) is 1. The molecule has 1 amide bonds. The van der Waals surface area contributed by atoms with Gasteiger partial charge in [0, 0.05) is 11.7 Å². The van der Waals surface area contributed by atoms with Crippen molar-refractivity contribution in [3.05, 3.63) is 53.5 Å². The Kier molecular flexibility index (Phi) is 3.20. The van der Waals surface area contributed by atoms with Gasteiger partial charge in [0.2, 0.25) is 0 Å². The molecule has 1 aliphatic heterocycles. The third-order valence-electron chi connectivity index (χ3n) is 3.78. The second-order valence-electron chi connectivity index (χ2n) is 5.04. The first-order valence-corrected chi connectivity index (χ1v) is 6.62. The number of hydrazine groups is 1. The minimum absolute atomic E-state index is 0.325. The van der Waals surface area contributed by atoms with Crippen LogP contribution in [0, 0.1) is 0 Å². The lowest BCUT2D eigenvalue weighted by molar-refractivity contribution is 0.0951. The maximum atomic E-state index is 11.7. The normalized spacial score (nSPS) is 17.1. The molecule has 1 aromatic heterocycles. The minimum Gasteiger partial charge on any atom is -0.467 e. The molecule has 1 aromatic carbocycles. The van der Waals surface area contributed by atoms with E-state index in [2.05, 4.69) is 35.4 Å². The summed E-state index contributed by atoms with van der Waals surface area (Å²) < 4.78 is 5.45. The summed E-state index contributed by atoms with van der Waals surface area (Å²) in [7, 11) is 0. The van der Waals surface area contributed by atoms with Crippen molar-refractivity contribution < 1.29 is 9.21 Å². The van der Waals surface area contributed by atoms with Crippen LogP contribution in [0.3, 0.4) is 0 Å². The van der Waals surface area contributed by atoms with E-state index >= 15 is 0 Å². The Morgan fingerprint density at radius 2 is 2.25 bits per heavy atom. The minimum atomic E-state index is -0.325. The predicted molar refractivity (Wildman–Crippen MR) is 76.2 cm³/mol. The Balaban J connectivity index is 1.89. The number of anilines is 1. The Morgan fingerprint density at radius 3 is 3.05 bits per heavy atom. The number of para-hydroxylation sites is 1. The molecule has 3 rings (SSSR count). The fraction of sp³-hybridized carbons (Fsp3) is 0.267. The second-order valence-corrected chi connectivity index (χ2v) is 5.04. The first-order valence-electron chi connectivity index (χ1n) is 6.62. The first-order chi connectivity index (χ1) is 9.70. The number of nitrogens with two attached hydrogens (primary N) is 1. The molecule has 5 heteroatoms. The van der Waals surface area contributed by atoms with Crippen molar-refractivity contribution in [1.82, 2.24) is 5.43 Å². The molecule has 104 valence electrons. The van der Waals surface area contributed by atoms with Gasteiger partial charge < -0.3 is 9.32 Å². The standard InChI is InChI=1S/C15H17N3O2/c1-10-8-11-4-2-3-5-13(11)18(10)9-14-12(6-7-20-14)15(19)17-16/h2-7,10H,8-9,16H2,1H3,(H,17,19). The predicted octanol–water partition coefficient (Wildman–Crippen LogP) is 1.83. The molecule has 1 atom stereocenters. The van der Waals surface area contributed by atoms with E-state index in [0.717, 1.165) is 6.42 Å².